The van der Waals surface area contributed by atoms with Crippen molar-refractivity contribution in [3.63, 3.8) is 0 Å². The Bertz CT molecular complexity index is 577. The zero-order chi connectivity index (χ0) is 14.8. The number of fused-ring (bicyclic) bond motifs is 1. The van der Waals surface area contributed by atoms with Gasteiger partial charge in [0.2, 0.25) is 0 Å². The minimum atomic E-state index is -0.801. The lowest BCUT2D eigenvalue weighted by Crippen LogP contribution is -2.37. The third kappa shape index (κ3) is 3.08. The lowest BCUT2D eigenvalue weighted by atomic mass is 9.87. The molecule has 5 heteroatoms. The number of carbonyl (C=O) groups excluding carboxylic acids is 1. The van der Waals surface area contributed by atoms with Gasteiger partial charge < -0.3 is 15.2 Å². The highest BCUT2D eigenvalue weighted by Gasteiger charge is 2.26. The molecule has 2 aliphatic rings. The van der Waals surface area contributed by atoms with Gasteiger partial charge in [0.25, 0.3) is 0 Å². The third-order valence-corrected chi connectivity index (χ3v) is 4.07. The summed E-state index contributed by atoms with van der Waals surface area (Å²) in [5.41, 5.74) is 1.39. The molecular weight excluding hydrogens is 268 g/mol. The van der Waals surface area contributed by atoms with Gasteiger partial charge in [-0.15, -0.1) is 0 Å². The molecule has 1 aliphatic carbocycles. The summed E-state index contributed by atoms with van der Waals surface area (Å²) >= 11 is 0. The Morgan fingerprint density at radius 1 is 1.33 bits per heavy atom. The first-order valence-electron chi connectivity index (χ1n) is 7.49. The predicted octanol–water partition coefficient (Wildman–Crippen LogP) is 2.82. The number of hydrogen-bond donors (Lipinski definition) is 2. The van der Waals surface area contributed by atoms with Crippen LogP contribution in [0.1, 0.15) is 50.8 Å². The highest BCUT2D eigenvalue weighted by atomic mass is 16.5. The number of ether oxygens (including phenoxy) is 1. The van der Waals surface area contributed by atoms with Crippen LogP contribution in [0.2, 0.25) is 0 Å². The molecule has 5 nitrogen and oxygen atoms in total. The average Bonchev–Trinajstić information content (AvgIpc) is 2.48. The number of aliphatic imine (C=N–C) groups is 1. The standard InChI is InChI=1S/C16H20N2O3/c1-10(19)21-12-7-8-14-13(9-12)16(20)18-15(17-14)11-5-3-2-4-6-11/h7-9,11,16,20H,2-6H2,1H3,(H,17,18). The summed E-state index contributed by atoms with van der Waals surface area (Å²) in [6.45, 7) is 1.35. The quantitative estimate of drug-likeness (QED) is 0.648. The fraction of sp³-hybridized carbons (Fsp3) is 0.500. The summed E-state index contributed by atoms with van der Waals surface area (Å²) in [5.74, 6) is 1.35. The van der Waals surface area contributed by atoms with Crippen molar-refractivity contribution >= 4 is 17.5 Å². The van der Waals surface area contributed by atoms with Crippen LogP contribution in [0, 0.1) is 5.92 Å². The first-order valence-corrected chi connectivity index (χ1v) is 7.49. The van der Waals surface area contributed by atoms with E-state index in [-0.39, 0.29) is 5.97 Å². The molecule has 0 radical (unpaired) electrons. The second kappa shape index (κ2) is 5.85. The van der Waals surface area contributed by atoms with Crippen molar-refractivity contribution in [2.24, 2.45) is 10.9 Å². The van der Waals surface area contributed by atoms with Crippen molar-refractivity contribution < 1.29 is 14.6 Å². The molecule has 1 aliphatic heterocycles. The highest BCUT2D eigenvalue weighted by Crippen LogP contribution is 2.34. The Kier molecular flexibility index (Phi) is 3.92. The average molecular weight is 288 g/mol. The minimum absolute atomic E-state index is 0.375. The summed E-state index contributed by atoms with van der Waals surface area (Å²) in [7, 11) is 0. The van der Waals surface area contributed by atoms with Crippen molar-refractivity contribution in [3.8, 4) is 5.75 Å². The number of nitrogens with zero attached hydrogens (tertiary/aromatic N) is 1. The van der Waals surface area contributed by atoms with Gasteiger partial charge in [-0.1, -0.05) is 19.3 Å². The Morgan fingerprint density at radius 2 is 2.10 bits per heavy atom. The molecule has 1 atom stereocenters. The summed E-state index contributed by atoms with van der Waals surface area (Å²) in [6, 6.07) is 5.16. The van der Waals surface area contributed by atoms with E-state index in [1.165, 1.54) is 26.2 Å². The van der Waals surface area contributed by atoms with E-state index in [1.807, 2.05) is 0 Å². The van der Waals surface area contributed by atoms with E-state index >= 15 is 0 Å². The molecule has 1 heterocycles. The van der Waals surface area contributed by atoms with Crippen LogP contribution in [0.5, 0.6) is 5.75 Å². The second-order valence-corrected chi connectivity index (χ2v) is 5.69. The number of carbonyl (C=O) groups is 1. The van der Waals surface area contributed by atoms with Crippen LogP contribution in [0.3, 0.4) is 0 Å². The Balaban J connectivity index is 1.86. The van der Waals surface area contributed by atoms with Crippen LogP contribution < -0.4 is 10.1 Å². The molecule has 0 aromatic heterocycles. The van der Waals surface area contributed by atoms with Gasteiger partial charge in [0, 0.05) is 18.4 Å². The Labute approximate surface area is 124 Å². The van der Waals surface area contributed by atoms with Crippen LogP contribution in [0.25, 0.3) is 0 Å². The number of nitrogens with one attached hydrogen (secondary N) is 1. The number of aliphatic hydroxyl groups is 1. The smallest absolute Gasteiger partial charge is 0.308 e. The van der Waals surface area contributed by atoms with E-state index in [4.69, 9.17) is 4.74 Å². The van der Waals surface area contributed by atoms with Gasteiger partial charge >= 0.3 is 5.97 Å². The van der Waals surface area contributed by atoms with E-state index in [2.05, 4.69) is 10.3 Å². The molecule has 1 aromatic rings. The molecule has 1 unspecified atom stereocenters. The number of esters is 1. The normalized spacial score (nSPS) is 22.0. The molecule has 112 valence electrons. The lowest BCUT2D eigenvalue weighted by Gasteiger charge is -2.30. The molecule has 1 aromatic carbocycles. The molecule has 0 amide bonds. The van der Waals surface area contributed by atoms with Crippen LogP contribution >= 0.6 is 0 Å². The van der Waals surface area contributed by atoms with E-state index in [9.17, 15) is 9.90 Å². The number of benzene rings is 1. The van der Waals surface area contributed by atoms with E-state index in [1.54, 1.807) is 18.2 Å². The molecule has 0 saturated heterocycles. The van der Waals surface area contributed by atoms with Gasteiger partial charge in [-0.05, 0) is 31.0 Å². The van der Waals surface area contributed by atoms with Crippen LogP contribution in [-0.4, -0.2) is 16.9 Å². The van der Waals surface area contributed by atoms with Crippen molar-refractivity contribution in [1.82, 2.24) is 5.32 Å². The molecule has 21 heavy (non-hydrogen) atoms. The van der Waals surface area contributed by atoms with Gasteiger partial charge in [-0.25, -0.2) is 4.99 Å². The fourth-order valence-electron chi connectivity index (χ4n) is 3.05. The lowest BCUT2D eigenvalue weighted by molar-refractivity contribution is -0.131. The van der Waals surface area contributed by atoms with Crippen LogP contribution in [-0.2, 0) is 4.79 Å². The number of hydrogen-bond acceptors (Lipinski definition) is 5. The molecule has 1 fully saturated rings. The largest absolute Gasteiger partial charge is 0.427 e. The van der Waals surface area contributed by atoms with Crippen molar-refractivity contribution in [2.45, 2.75) is 45.3 Å². The van der Waals surface area contributed by atoms with E-state index in [0.29, 0.717) is 17.2 Å². The molecule has 0 spiro atoms. The molecule has 2 N–H and O–H groups in total. The van der Waals surface area contributed by atoms with Crippen molar-refractivity contribution in [2.75, 3.05) is 0 Å². The zero-order valence-corrected chi connectivity index (χ0v) is 12.1. The molecule has 0 bridgehead atoms. The summed E-state index contributed by atoms with van der Waals surface area (Å²) in [4.78, 5) is 15.6. The van der Waals surface area contributed by atoms with Crippen LogP contribution in [0.15, 0.2) is 23.2 Å². The SMILES string of the molecule is CC(=O)Oc1ccc2c(c1)C(O)NC(C1CCCCC1)=N2. The maximum Gasteiger partial charge on any atom is 0.308 e. The fourth-order valence-corrected chi connectivity index (χ4v) is 3.05. The minimum Gasteiger partial charge on any atom is -0.427 e. The van der Waals surface area contributed by atoms with Crippen LogP contribution in [0.4, 0.5) is 5.69 Å². The summed E-state index contributed by atoms with van der Waals surface area (Å²) < 4.78 is 5.05. The van der Waals surface area contributed by atoms with Gasteiger partial charge in [-0.2, -0.15) is 0 Å². The first kappa shape index (κ1) is 14.1. The number of rotatable bonds is 2. The monoisotopic (exact) mass is 288 g/mol. The molecule has 3 rings (SSSR count). The van der Waals surface area contributed by atoms with Crippen molar-refractivity contribution in [3.05, 3.63) is 23.8 Å². The Morgan fingerprint density at radius 3 is 2.81 bits per heavy atom. The van der Waals surface area contributed by atoms with Gasteiger partial charge in [-0.3, -0.25) is 4.79 Å². The van der Waals surface area contributed by atoms with Gasteiger partial charge in [0.1, 0.15) is 11.6 Å². The summed E-state index contributed by atoms with van der Waals surface area (Å²) in [6.07, 6.45) is 5.18. The van der Waals surface area contributed by atoms with E-state index in [0.717, 1.165) is 24.4 Å². The topological polar surface area (TPSA) is 70.9 Å². The second-order valence-electron chi connectivity index (χ2n) is 5.69. The molecule has 1 saturated carbocycles. The zero-order valence-electron chi connectivity index (χ0n) is 12.1. The molecular formula is C16H20N2O3. The predicted molar refractivity (Wildman–Crippen MR) is 79.5 cm³/mol. The summed E-state index contributed by atoms with van der Waals surface area (Å²) in [5, 5.41) is 13.4. The van der Waals surface area contributed by atoms with Gasteiger partial charge in [0.15, 0.2) is 6.23 Å². The number of aliphatic hydroxyl groups excluding tert-OH is 1. The maximum atomic E-state index is 11.0. The third-order valence-electron chi connectivity index (χ3n) is 4.07. The van der Waals surface area contributed by atoms with E-state index < -0.39 is 6.23 Å². The number of amidine groups is 1. The first-order chi connectivity index (χ1) is 10.1. The Hall–Kier alpha value is -1.88. The van der Waals surface area contributed by atoms with Crippen molar-refractivity contribution in [1.29, 1.82) is 0 Å². The van der Waals surface area contributed by atoms with Gasteiger partial charge in [0.05, 0.1) is 5.69 Å². The maximum absolute atomic E-state index is 11.0. The highest BCUT2D eigenvalue weighted by molar-refractivity contribution is 5.89.